The smallest absolute Gasteiger partial charge is 0.306 e. The minimum Gasteiger partial charge on any atom is -0.469 e. The van der Waals surface area contributed by atoms with E-state index in [1.165, 1.54) is 7.11 Å². The molecule has 1 N–H and O–H groups in total. The lowest BCUT2D eigenvalue weighted by atomic mass is 10.1. The van der Waals surface area contributed by atoms with Crippen LogP contribution in [0.5, 0.6) is 0 Å². The van der Waals surface area contributed by atoms with Crippen LogP contribution in [0, 0.1) is 0 Å². The average Bonchev–Trinajstić information content (AvgIpc) is 2.23. The molecule has 1 rings (SSSR count). The van der Waals surface area contributed by atoms with Crippen molar-refractivity contribution in [3.05, 3.63) is 0 Å². The topological polar surface area (TPSA) is 59.0 Å². The number of esters is 1. The molecule has 0 amide bonds. The van der Waals surface area contributed by atoms with E-state index in [2.05, 4.69) is 9.64 Å². The van der Waals surface area contributed by atoms with E-state index >= 15 is 0 Å². The third-order valence-corrected chi connectivity index (χ3v) is 2.62. The number of nitrogens with zero attached hydrogens (tertiary/aromatic N) is 1. The summed E-state index contributed by atoms with van der Waals surface area (Å²) in [4.78, 5) is 13.2. The van der Waals surface area contributed by atoms with Gasteiger partial charge in [-0.25, -0.2) is 0 Å². The van der Waals surface area contributed by atoms with Gasteiger partial charge in [0.1, 0.15) is 0 Å². The van der Waals surface area contributed by atoms with E-state index in [0.29, 0.717) is 19.5 Å². The van der Waals surface area contributed by atoms with Gasteiger partial charge in [-0.05, 0) is 13.8 Å². The number of rotatable bonds is 4. The Morgan fingerprint density at radius 3 is 2.88 bits per heavy atom. The quantitative estimate of drug-likeness (QED) is 0.691. The molecule has 5 heteroatoms. The molecule has 0 spiro atoms. The second kappa shape index (κ2) is 5.61. The van der Waals surface area contributed by atoms with Gasteiger partial charge in [0.2, 0.25) is 0 Å². The Bertz CT molecular complexity index is 242. The van der Waals surface area contributed by atoms with E-state index < -0.39 is 0 Å². The molecule has 0 aromatic rings. The van der Waals surface area contributed by atoms with Crippen LogP contribution in [0.3, 0.4) is 0 Å². The number of ether oxygens (including phenoxy) is 2. The number of aliphatic hydroxyl groups is 1. The Balaban J connectivity index is 2.44. The average molecular weight is 231 g/mol. The molecule has 0 saturated carbocycles. The van der Waals surface area contributed by atoms with Crippen LogP contribution in [0.15, 0.2) is 0 Å². The Labute approximate surface area is 96.3 Å². The summed E-state index contributed by atoms with van der Waals surface area (Å²) in [5, 5.41) is 9.12. The van der Waals surface area contributed by atoms with Crippen LogP contribution in [-0.2, 0) is 14.3 Å². The number of morpholine rings is 1. The standard InChI is InChI=1S/C11H21NO4/c1-11(2)8-12(5-4-10(14)15-3)6-9(7-13)16-11/h9,13H,4-8H2,1-3H3. The summed E-state index contributed by atoms with van der Waals surface area (Å²) in [6.07, 6.45) is 0.214. The first kappa shape index (κ1) is 13.4. The molecule has 1 heterocycles. The molecule has 1 aliphatic rings. The van der Waals surface area contributed by atoms with Gasteiger partial charge in [0.15, 0.2) is 0 Å². The lowest BCUT2D eigenvalue weighted by Crippen LogP contribution is -2.54. The van der Waals surface area contributed by atoms with Crippen molar-refractivity contribution in [1.82, 2.24) is 4.90 Å². The predicted molar refractivity (Wildman–Crippen MR) is 59.1 cm³/mol. The highest BCUT2D eigenvalue weighted by atomic mass is 16.5. The molecule has 1 unspecified atom stereocenters. The van der Waals surface area contributed by atoms with E-state index in [0.717, 1.165) is 6.54 Å². The summed E-state index contributed by atoms with van der Waals surface area (Å²) >= 11 is 0. The number of carbonyl (C=O) groups is 1. The van der Waals surface area contributed by atoms with Gasteiger partial charge in [0.05, 0.1) is 31.8 Å². The fourth-order valence-corrected chi connectivity index (χ4v) is 2.03. The fraction of sp³-hybridized carbons (Fsp3) is 0.909. The van der Waals surface area contributed by atoms with Crippen molar-refractivity contribution in [3.63, 3.8) is 0 Å². The van der Waals surface area contributed by atoms with Crippen molar-refractivity contribution >= 4 is 5.97 Å². The molecule has 1 aliphatic heterocycles. The van der Waals surface area contributed by atoms with Gasteiger partial charge < -0.3 is 14.6 Å². The maximum Gasteiger partial charge on any atom is 0.306 e. The lowest BCUT2D eigenvalue weighted by molar-refractivity contribution is -0.153. The number of hydrogen-bond donors (Lipinski definition) is 1. The molecular weight excluding hydrogens is 210 g/mol. The zero-order valence-corrected chi connectivity index (χ0v) is 10.2. The summed E-state index contributed by atoms with van der Waals surface area (Å²) < 4.78 is 10.3. The highest BCUT2D eigenvalue weighted by molar-refractivity contribution is 5.69. The molecule has 1 fully saturated rings. The zero-order valence-electron chi connectivity index (χ0n) is 10.2. The first-order valence-electron chi connectivity index (χ1n) is 5.54. The van der Waals surface area contributed by atoms with Gasteiger partial charge in [0, 0.05) is 19.6 Å². The molecule has 0 aliphatic carbocycles. The maximum atomic E-state index is 11.0. The molecule has 5 nitrogen and oxygen atoms in total. The van der Waals surface area contributed by atoms with Crippen LogP contribution in [0.1, 0.15) is 20.3 Å². The van der Waals surface area contributed by atoms with Crippen LogP contribution in [0.4, 0.5) is 0 Å². The van der Waals surface area contributed by atoms with E-state index in [9.17, 15) is 4.79 Å². The van der Waals surface area contributed by atoms with Crippen LogP contribution >= 0.6 is 0 Å². The van der Waals surface area contributed by atoms with Crippen LogP contribution < -0.4 is 0 Å². The highest BCUT2D eigenvalue weighted by Gasteiger charge is 2.32. The summed E-state index contributed by atoms with van der Waals surface area (Å²) in [7, 11) is 1.39. The molecule has 0 aromatic carbocycles. The predicted octanol–water partition coefficient (Wildman–Crippen LogP) is 0.0212. The summed E-state index contributed by atoms with van der Waals surface area (Å²) in [5.41, 5.74) is -0.276. The van der Waals surface area contributed by atoms with Crippen LogP contribution in [-0.4, -0.2) is 61.0 Å². The highest BCUT2D eigenvalue weighted by Crippen LogP contribution is 2.20. The first-order valence-corrected chi connectivity index (χ1v) is 5.54. The molecule has 94 valence electrons. The Morgan fingerprint density at radius 1 is 1.62 bits per heavy atom. The molecule has 1 atom stereocenters. The molecule has 0 aromatic heterocycles. The normalized spacial score (nSPS) is 25.4. The van der Waals surface area contributed by atoms with Crippen LogP contribution in [0.25, 0.3) is 0 Å². The Kier molecular flexibility index (Phi) is 4.70. The van der Waals surface area contributed by atoms with Crippen molar-refractivity contribution < 1.29 is 19.4 Å². The fourth-order valence-electron chi connectivity index (χ4n) is 2.03. The van der Waals surface area contributed by atoms with Crippen molar-refractivity contribution in [3.8, 4) is 0 Å². The summed E-state index contributed by atoms with van der Waals surface area (Å²) in [6, 6.07) is 0. The Morgan fingerprint density at radius 2 is 2.31 bits per heavy atom. The molecule has 1 saturated heterocycles. The van der Waals surface area contributed by atoms with Crippen molar-refractivity contribution in [2.75, 3.05) is 33.4 Å². The van der Waals surface area contributed by atoms with Crippen LogP contribution in [0.2, 0.25) is 0 Å². The number of carbonyl (C=O) groups excluding carboxylic acids is 1. The van der Waals surface area contributed by atoms with Gasteiger partial charge in [-0.1, -0.05) is 0 Å². The molecule has 16 heavy (non-hydrogen) atoms. The minimum atomic E-state index is -0.276. The van der Waals surface area contributed by atoms with Gasteiger partial charge in [-0.2, -0.15) is 0 Å². The first-order chi connectivity index (χ1) is 7.46. The number of aliphatic hydroxyl groups excluding tert-OH is 1. The minimum absolute atomic E-state index is 0.0121. The van der Waals surface area contributed by atoms with Gasteiger partial charge in [-0.3, -0.25) is 9.69 Å². The summed E-state index contributed by atoms with van der Waals surface area (Å²) in [6.45, 7) is 6.06. The van der Waals surface area contributed by atoms with Crippen molar-refractivity contribution in [2.24, 2.45) is 0 Å². The van der Waals surface area contributed by atoms with Gasteiger partial charge >= 0.3 is 5.97 Å². The second-order valence-electron chi connectivity index (χ2n) is 4.74. The maximum absolute atomic E-state index is 11.0. The van der Waals surface area contributed by atoms with E-state index in [1.807, 2.05) is 13.8 Å². The van der Waals surface area contributed by atoms with E-state index in [-0.39, 0.29) is 24.3 Å². The lowest BCUT2D eigenvalue weighted by Gasteiger charge is -2.42. The zero-order chi connectivity index (χ0) is 12.2. The SMILES string of the molecule is COC(=O)CCN1CC(CO)OC(C)(C)C1. The van der Waals surface area contributed by atoms with Gasteiger partial charge in [0.25, 0.3) is 0 Å². The molecule has 0 bridgehead atoms. The van der Waals surface area contributed by atoms with Crippen molar-refractivity contribution in [2.45, 2.75) is 32.0 Å². The Hall–Kier alpha value is -0.650. The number of methoxy groups -OCH3 is 1. The third kappa shape index (κ3) is 4.08. The summed E-state index contributed by atoms with van der Waals surface area (Å²) in [5.74, 6) is -0.204. The van der Waals surface area contributed by atoms with Crippen molar-refractivity contribution in [1.29, 1.82) is 0 Å². The van der Waals surface area contributed by atoms with Gasteiger partial charge in [-0.15, -0.1) is 0 Å². The van der Waals surface area contributed by atoms with E-state index in [1.54, 1.807) is 0 Å². The monoisotopic (exact) mass is 231 g/mol. The third-order valence-electron chi connectivity index (χ3n) is 2.62. The molecule has 0 radical (unpaired) electrons. The largest absolute Gasteiger partial charge is 0.469 e. The van der Waals surface area contributed by atoms with E-state index in [4.69, 9.17) is 9.84 Å². The molecular formula is C11H21NO4. The second-order valence-corrected chi connectivity index (χ2v) is 4.74. The number of hydrogen-bond acceptors (Lipinski definition) is 5.